The molecule has 0 radical (unpaired) electrons. The minimum atomic E-state index is -4.80. The molecule has 0 atom stereocenters. The highest BCUT2D eigenvalue weighted by atomic mass is 19.4. The fourth-order valence-corrected chi connectivity index (χ4v) is 2.99. The van der Waals surface area contributed by atoms with Crippen molar-refractivity contribution in [2.45, 2.75) is 12.9 Å². The van der Waals surface area contributed by atoms with Crippen LogP contribution in [-0.2, 0) is 11.3 Å². The molecule has 1 N–H and O–H groups in total. The summed E-state index contributed by atoms with van der Waals surface area (Å²) < 4.78 is 46.4. The van der Waals surface area contributed by atoms with Crippen molar-refractivity contribution < 1.29 is 31.9 Å². The summed E-state index contributed by atoms with van der Waals surface area (Å²) in [5.41, 5.74) is 0.229. The molecule has 2 heterocycles. The first kappa shape index (κ1) is 20.7. The number of nitrogens with zero attached hydrogens (tertiary/aromatic N) is 2. The third-order valence-electron chi connectivity index (χ3n) is 4.43. The Morgan fingerprint density at radius 2 is 1.79 bits per heavy atom. The van der Waals surface area contributed by atoms with Crippen LogP contribution in [0.2, 0.25) is 0 Å². The maximum Gasteiger partial charge on any atom is 0.573 e. The molecule has 2 amide bonds. The smallest absolute Gasteiger partial charge is 0.459 e. The van der Waals surface area contributed by atoms with Crippen LogP contribution < -0.4 is 10.1 Å². The van der Waals surface area contributed by atoms with Gasteiger partial charge in [-0.1, -0.05) is 18.2 Å². The van der Waals surface area contributed by atoms with Gasteiger partial charge >= 0.3 is 6.36 Å². The van der Waals surface area contributed by atoms with Gasteiger partial charge in [0.05, 0.1) is 12.8 Å². The molecule has 1 saturated heterocycles. The van der Waals surface area contributed by atoms with Gasteiger partial charge in [0, 0.05) is 38.3 Å². The normalized spacial score (nSPS) is 15.2. The lowest BCUT2D eigenvalue weighted by Crippen LogP contribution is -2.51. The Labute approximate surface area is 165 Å². The molecule has 7 nitrogen and oxygen atoms in total. The number of amides is 2. The number of para-hydroxylation sites is 1. The first-order valence-electron chi connectivity index (χ1n) is 8.97. The number of nitrogens with one attached hydrogen (secondary N) is 1. The van der Waals surface area contributed by atoms with E-state index in [0.29, 0.717) is 26.2 Å². The van der Waals surface area contributed by atoms with Gasteiger partial charge in [-0.25, -0.2) is 0 Å². The molecule has 0 unspecified atom stereocenters. The van der Waals surface area contributed by atoms with Crippen LogP contribution in [0.4, 0.5) is 13.2 Å². The van der Waals surface area contributed by atoms with Gasteiger partial charge in [-0.2, -0.15) is 0 Å². The van der Waals surface area contributed by atoms with Crippen molar-refractivity contribution in [3.63, 3.8) is 0 Å². The predicted molar refractivity (Wildman–Crippen MR) is 96.0 cm³/mol. The zero-order valence-corrected chi connectivity index (χ0v) is 15.4. The highest BCUT2D eigenvalue weighted by Crippen LogP contribution is 2.26. The van der Waals surface area contributed by atoms with Crippen LogP contribution in [-0.4, -0.2) is 60.7 Å². The Kier molecular flexibility index (Phi) is 6.42. The molecule has 1 aliphatic heterocycles. The molecule has 0 aliphatic carbocycles. The molecule has 2 aromatic rings. The average molecular weight is 411 g/mol. The van der Waals surface area contributed by atoms with Crippen LogP contribution in [0, 0.1) is 0 Å². The van der Waals surface area contributed by atoms with E-state index in [9.17, 15) is 22.8 Å². The second kappa shape index (κ2) is 8.99. The SMILES string of the molecule is O=C(CN1CCN(C(=O)c2ccco2)CC1)NCc1ccccc1OC(F)(F)F. The second-order valence-electron chi connectivity index (χ2n) is 6.48. The van der Waals surface area contributed by atoms with Crippen LogP contribution in [0.3, 0.4) is 0 Å². The standard InChI is InChI=1S/C19H20F3N3O4/c20-19(21,22)29-15-5-2-1-4-14(15)12-23-17(26)13-24-7-9-25(10-8-24)18(27)16-6-3-11-28-16/h1-6,11H,7-10,12-13H2,(H,23,26). The van der Waals surface area contributed by atoms with Gasteiger partial charge in [0.25, 0.3) is 5.91 Å². The highest BCUT2D eigenvalue weighted by molar-refractivity contribution is 5.91. The molecule has 0 saturated carbocycles. The van der Waals surface area contributed by atoms with Crippen LogP contribution in [0.25, 0.3) is 0 Å². The first-order chi connectivity index (χ1) is 13.8. The third-order valence-corrected chi connectivity index (χ3v) is 4.43. The molecule has 156 valence electrons. The lowest BCUT2D eigenvalue weighted by molar-refractivity contribution is -0.274. The van der Waals surface area contributed by atoms with Crippen molar-refractivity contribution in [3.8, 4) is 5.75 Å². The number of alkyl halides is 3. The van der Waals surface area contributed by atoms with Gasteiger partial charge in [0.2, 0.25) is 5.91 Å². The maximum atomic E-state index is 12.5. The number of benzene rings is 1. The zero-order valence-electron chi connectivity index (χ0n) is 15.4. The topological polar surface area (TPSA) is 75.0 Å². The molecular formula is C19H20F3N3O4. The van der Waals surface area contributed by atoms with Gasteiger partial charge in [0.1, 0.15) is 5.75 Å². The molecule has 1 aromatic heterocycles. The maximum absolute atomic E-state index is 12.5. The molecule has 3 rings (SSSR count). The summed E-state index contributed by atoms with van der Waals surface area (Å²) in [6, 6.07) is 8.90. The Morgan fingerprint density at radius 1 is 1.07 bits per heavy atom. The summed E-state index contributed by atoms with van der Waals surface area (Å²) in [7, 11) is 0. The van der Waals surface area contributed by atoms with Crippen molar-refractivity contribution in [2.24, 2.45) is 0 Å². The molecule has 10 heteroatoms. The van der Waals surface area contributed by atoms with E-state index in [-0.39, 0.29) is 42.0 Å². The van der Waals surface area contributed by atoms with Gasteiger partial charge in [-0.3, -0.25) is 14.5 Å². The number of piperazine rings is 1. The summed E-state index contributed by atoms with van der Waals surface area (Å²) in [5, 5.41) is 2.61. The minimum Gasteiger partial charge on any atom is -0.459 e. The monoisotopic (exact) mass is 411 g/mol. The summed E-state index contributed by atoms with van der Waals surface area (Å²) in [4.78, 5) is 27.9. The fraction of sp³-hybridized carbons (Fsp3) is 0.368. The van der Waals surface area contributed by atoms with E-state index >= 15 is 0 Å². The van der Waals surface area contributed by atoms with Gasteiger partial charge in [0.15, 0.2) is 5.76 Å². The van der Waals surface area contributed by atoms with Crippen LogP contribution in [0.15, 0.2) is 47.1 Å². The number of carbonyl (C=O) groups is 2. The number of furan rings is 1. The lowest BCUT2D eigenvalue weighted by Gasteiger charge is -2.33. The summed E-state index contributed by atoms with van der Waals surface area (Å²) >= 11 is 0. The van der Waals surface area contributed by atoms with Crippen LogP contribution in [0.1, 0.15) is 16.1 Å². The van der Waals surface area contributed by atoms with Crippen molar-refractivity contribution in [1.82, 2.24) is 15.1 Å². The van der Waals surface area contributed by atoms with E-state index < -0.39 is 6.36 Å². The fourth-order valence-electron chi connectivity index (χ4n) is 2.99. The van der Waals surface area contributed by atoms with E-state index in [1.807, 2.05) is 4.90 Å². The van der Waals surface area contributed by atoms with Gasteiger partial charge in [-0.05, 0) is 18.2 Å². The van der Waals surface area contributed by atoms with Crippen LogP contribution in [0.5, 0.6) is 5.75 Å². The number of carbonyl (C=O) groups excluding carboxylic acids is 2. The van der Waals surface area contributed by atoms with Crippen molar-refractivity contribution >= 4 is 11.8 Å². The Morgan fingerprint density at radius 3 is 2.45 bits per heavy atom. The Bertz CT molecular complexity index is 831. The molecule has 0 spiro atoms. The molecule has 1 aromatic carbocycles. The van der Waals surface area contributed by atoms with Gasteiger partial charge in [-0.15, -0.1) is 13.2 Å². The summed E-state index contributed by atoms with van der Waals surface area (Å²) in [5.74, 6) is -0.584. The Hall–Kier alpha value is -3.01. The van der Waals surface area contributed by atoms with E-state index in [1.54, 1.807) is 23.1 Å². The quantitative estimate of drug-likeness (QED) is 0.789. The minimum absolute atomic E-state index is 0.0813. The van der Waals surface area contributed by atoms with Crippen molar-refractivity contribution in [2.75, 3.05) is 32.7 Å². The predicted octanol–water partition coefficient (Wildman–Crippen LogP) is 2.25. The van der Waals surface area contributed by atoms with Crippen molar-refractivity contribution in [1.29, 1.82) is 0 Å². The van der Waals surface area contributed by atoms with Crippen LogP contribution >= 0.6 is 0 Å². The number of hydrogen-bond acceptors (Lipinski definition) is 5. The highest BCUT2D eigenvalue weighted by Gasteiger charge is 2.32. The van der Waals surface area contributed by atoms with E-state index in [0.717, 1.165) is 0 Å². The molecule has 0 bridgehead atoms. The first-order valence-corrected chi connectivity index (χ1v) is 8.97. The number of halogens is 3. The molecular weight excluding hydrogens is 391 g/mol. The van der Waals surface area contributed by atoms with E-state index in [2.05, 4.69) is 10.1 Å². The Balaban J connectivity index is 1.45. The molecule has 1 fully saturated rings. The largest absolute Gasteiger partial charge is 0.573 e. The molecule has 29 heavy (non-hydrogen) atoms. The second-order valence-corrected chi connectivity index (χ2v) is 6.48. The van der Waals surface area contributed by atoms with E-state index in [1.165, 1.54) is 24.5 Å². The van der Waals surface area contributed by atoms with Gasteiger partial charge < -0.3 is 19.4 Å². The lowest BCUT2D eigenvalue weighted by atomic mass is 10.2. The van der Waals surface area contributed by atoms with Crippen molar-refractivity contribution in [3.05, 3.63) is 54.0 Å². The van der Waals surface area contributed by atoms with E-state index in [4.69, 9.17) is 4.42 Å². The summed E-state index contributed by atoms with van der Waals surface area (Å²) in [6.07, 6.45) is -3.36. The summed E-state index contributed by atoms with van der Waals surface area (Å²) in [6.45, 7) is 1.93. The third kappa shape index (κ3) is 5.98. The number of ether oxygens (including phenoxy) is 1. The molecule has 1 aliphatic rings. The average Bonchev–Trinajstić information content (AvgIpc) is 3.21. The number of rotatable bonds is 6. The zero-order chi connectivity index (χ0) is 20.9. The number of hydrogen-bond donors (Lipinski definition) is 1.